The lowest BCUT2D eigenvalue weighted by Crippen LogP contribution is -1.97. The van der Waals surface area contributed by atoms with Crippen LogP contribution in [0.4, 0.5) is 0 Å². The first-order chi connectivity index (χ1) is 8.86. The summed E-state index contributed by atoms with van der Waals surface area (Å²) >= 11 is 0. The van der Waals surface area contributed by atoms with Gasteiger partial charge in [0.05, 0.1) is 0 Å². The summed E-state index contributed by atoms with van der Waals surface area (Å²) in [5.41, 5.74) is 4.06. The summed E-state index contributed by atoms with van der Waals surface area (Å²) in [5.74, 6) is 0. The lowest BCUT2D eigenvalue weighted by Gasteiger charge is -2.06. The molecule has 3 rings (SSSR count). The van der Waals surface area contributed by atoms with Crippen molar-refractivity contribution in [2.75, 3.05) is 0 Å². The van der Waals surface area contributed by atoms with Crippen LogP contribution in [0, 0.1) is 0 Å². The maximum atomic E-state index is 2.31. The molecular formula is C17H17N. The van der Waals surface area contributed by atoms with Gasteiger partial charge in [-0.15, -0.1) is 0 Å². The van der Waals surface area contributed by atoms with Crippen LogP contribution in [0.3, 0.4) is 0 Å². The summed E-state index contributed by atoms with van der Waals surface area (Å²) in [4.78, 5) is 0. The molecule has 90 valence electrons. The molecule has 0 aliphatic heterocycles. The summed E-state index contributed by atoms with van der Waals surface area (Å²) < 4.78 is 2.31. The van der Waals surface area contributed by atoms with Crippen molar-refractivity contribution in [2.45, 2.75) is 19.9 Å². The summed E-state index contributed by atoms with van der Waals surface area (Å²) in [6.07, 6.45) is 3.27. The SMILES string of the molecule is CCc1ccc2c(ccn2Cc2ccccc2)c1. The predicted octanol–water partition coefficient (Wildman–Crippen LogP) is 4.25. The first-order valence-electron chi connectivity index (χ1n) is 6.48. The third-order valence-corrected chi connectivity index (χ3v) is 3.44. The van der Waals surface area contributed by atoms with Crippen molar-refractivity contribution in [3.05, 3.63) is 71.9 Å². The molecule has 1 nitrogen and oxygen atoms in total. The van der Waals surface area contributed by atoms with Gasteiger partial charge in [0.2, 0.25) is 0 Å². The summed E-state index contributed by atoms with van der Waals surface area (Å²) in [5, 5.41) is 1.34. The van der Waals surface area contributed by atoms with Gasteiger partial charge in [-0.25, -0.2) is 0 Å². The normalized spacial score (nSPS) is 10.9. The minimum Gasteiger partial charge on any atom is -0.343 e. The predicted molar refractivity (Wildman–Crippen MR) is 76.9 cm³/mol. The highest BCUT2D eigenvalue weighted by Crippen LogP contribution is 2.19. The van der Waals surface area contributed by atoms with Gasteiger partial charge in [0.25, 0.3) is 0 Å². The molecule has 0 fully saturated rings. The first kappa shape index (κ1) is 11.1. The van der Waals surface area contributed by atoms with Crippen LogP contribution in [-0.4, -0.2) is 4.57 Å². The van der Waals surface area contributed by atoms with E-state index in [0.717, 1.165) is 13.0 Å². The van der Waals surface area contributed by atoms with Crippen LogP contribution >= 0.6 is 0 Å². The third kappa shape index (κ3) is 2.04. The van der Waals surface area contributed by atoms with E-state index in [0.29, 0.717) is 0 Å². The summed E-state index contributed by atoms with van der Waals surface area (Å²) in [7, 11) is 0. The first-order valence-corrected chi connectivity index (χ1v) is 6.48. The van der Waals surface area contributed by atoms with Crippen LogP contribution in [0.15, 0.2) is 60.8 Å². The average Bonchev–Trinajstić information content (AvgIpc) is 2.82. The number of nitrogens with zero attached hydrogens (tertiary/aromatic N) is 1. The van der Waals surface area contributed by atoms with E-state index < -0.39 is 0 Å². The van der Waals surface area contributed by atoms with Crippen molar-refractivity contribution < 1.29 is 0 Å². The molecule has 0 atom stereocenters. The van der Waals surface area contributed by atoms with Crippen molar-refractivity contribution >= 4 is 10.9 Å². The van der Waals surface area contributed by atoms with Crippen LogP contribution in [0.25, 0.3) is 10.9 Å². The second kappa shape index (κ2) is 4.69. The van der Waals surface area contributed by atoms with E-state index in [-0.39, 0.29) is 0 Å². The molecule has 0 aliphatic carbocycles. The lowest BCUT2D eigenvalue weighted by atomic mass is 10.1. The molecular weight excluding hydrogens is 218 g/mol. The largest absolute Gasteiger partial charge is 0.343 e. The maximum absolute atomic E-state index is 2.31. The van der Waals surface area contributed by atoms with Crippen molar-refractivity contribution in [1.29, 1.82) is 0 Å². The Kier molecular flexibility index (Phi) is 2.89. The quantitative estimate of drug-likeness (QED) is 0.639. The van der Waals surface area contributed by atoms with Gasteiger partial charge >= 0.3 is 0 Å². The monoisotopic (exact) mass is 235 g/mol. The molecule has 0 aliphatic rings. The third-order valence-electron chi connectivity index (χ3n) is 3.44. The van der Waals surface area contributed by atoms with E-state index in [9.17, 15) is 0 Å². The van der Waals surface area contributed by atoms with E-state index >= 15 is 0 Å². The zero-order valence-electron chi connectivity index (χ0n) is 10.6. The van der Waals surface area contributed by atoms with Crippen molar-refractivity contribution in [2.24, 2.45) is 0 Å². The van der Waals surface area contributed by atoms with Crippen molar-refractivity contribution in [3.63, 3.8) is 0 Å². The number of fused-ring (bicyclic) bond motifs is 1. The van der Waals surface area contributed by atoms with E-state index in [4.69, 9.17) is 0 Å². The highest BCUT2D eigenvalue weighted by atomic mass is 14.9. The van der Waals surface area contributed by atoms with Gasteiger partial charge in [0.15, 0.2) is 0 Å². The molecule has 0 saturated carbocycles. The van der Waals surface area contributed by atoms with Gasteiger partial charge < -0.3 is 4.57 Å². The molecule has 1 aromatic heterocycles. The minimum absolute atomic E-state index is 0.940. The zero-order chi connectivity index (χ0) is 12.4. The number of aryl methyl sites for hydroxylation is 1. The molecule has 18 heavy (non-hydrogen) atoms. The lowest BCUT2D eigenvalue weighted by molar-refractivity contribution is 0.837. The summed E-state index contributed by atoms with van der Waals surface area (Å²) in [6.45, 7) is 3.14. The Labute approximate surface area is 108 Å². The average molecular weight is 235 g/mol. The number of hydrogen-bond acceptors (Lipinski definition) is 0. The Morgan fingerprint density at radius 1 is 0.889 bits per heavy atom. The van der Waals surface area contributed by atoms with Crippen molar-refractivity contribution in [3.8, 4) is 0 Å². The molecule has 1 heteroatoms. The Morgan fingerprint density at radius 3 is 2.50 bits per heavy atom. The number of benzene rings is 2. The second-order valence-corrected chi connectivity index (χ2v) is 4.68. The van der Waals surface area contributed by atoms with Crippen LogP contribution < -0.4 is 0 Å². The van der Waals surface area contributed by atoms with Crippen LogP contribution in [-0.2, 0) is 13.0 Å². The molecule has 0 spiro atoms. The van der Waals surface area contributed by atoms with Gasteiger partial charge in [-0.2, -0.15) is 0 Å². The standard InChI is InChI=1S/C17H17N/c1-2-14-8-9-17-16(12-14)10-11-18(17)13-15-6-4-3-5-7-15/h3-12H,2,13H2,1H3. The fourth-order valence-corrected chi connectivity index (χ4v) is 2.39. The number of aromatic nitrogens is 1. The Bertz CT molecular complexity index is 650. The van der Waals surface area contributed by atoms with E-state index in [1.807, 2.05) is 0 Å². The van der Waals surface area contributed by atoms with Crippen molar-refractivity contribution in [1.82, 2.24) is 4.57 Å². The van der Waals surface area contributed by atoms with Crippen LogP contribution in [0.1, 0.15) is 18.1 Å². The Morgan fingerprint density at radius 2 is 1.72 bits per heavy atom. The topological polar surface area (TPSA) is 4.93 Å². The fourth-order valence-electron chi connectivity index (χ4n) is 2.39. The van der Waals surface area contributed by atoms with Crippen LogP contribution in [0.5, 0.6) is 0 Å². The second-order valence-electron chi connectivity index (χ2n) is 4.68. The minimum atomic E-state index is 0.940. The number of hydrogen-bond donors (Lipinski definition) is 0. The highest BCUT2D eigenvalue weighted by molar-refractivity contribution is 5.81. The van der Waals surface area contributed by atoms with Gasteiger partial charge in [0.1, 0.15) is 0 Å². The molecule has 1 heterocycles. The molecule has 0 N–H and O–H groups in total. The molecule has 0 unspecified atom stereocenters. The van der Waals surface area contributed by atoms with Gasteiger partial charge in [-0.3, -0.25) is 0 Å². The molecule has 3 aromatic rings. The number of rotatable bonds is 3. The fraction of sp³-hybridized carbons (Fsp3) is 0.176. The van der Waals surface area contributed by atoms with Gasteiger partial charge in [-0.05, 0) is 41.1 Å². The van der Waals surface area contributed by atoms with Gasteiger partial charge in [-0.1, -0.05) is 43.3 Å². The highest BCUT2D eigenvalue weighted by Gasteiger charge is 2.02. The molecule has 0 saturated heterocycles. The van der Waals surface area contributed by atoms with Gasteiger partial charge in [0, 0.05) is 18.3 Å². The Hall–Kier alpha value is -2.02. The smallest absolute Gasteiger partial charge is 0.0483 e. The zero-order valence-corrected chi connectivity index (χ0v) is 10.6. The van der Waals surface area contributed by atoms with E-state index in [2.05, 4.69) is 72.3 Å². The van der Waals surface area contributed by atoms with E-state index in [1.54, 1.807) is 0 Å². The molecule has 0 amide bonds. The maximum Gasteiger partial charge on any atom is 0.0483 e. The summed E-state index contributed by atoms with van der Waals surface area (Å²) in [6, 6.07) is 19.5. The Balaban J connectivity index is 1.98. The van der Waals surface area contributed by atoms with E-state index in [1.165, 1.54) is 22.0 Å². The molecule has 0 bridgehead atoms. The van der Waals surface area contributed by atoms with Crippen LogP contribution in [0.2, 0.25) is 0 Å². The molecule has 0 radical (unpaired) electrons. The molecule has 2 aromatic carbocycles.